The number of rotatable bonds is 3. The number of halogens is 3. The molecule has 0 amide bonds. The monoisotopic (exact) mass is 337 g/mol. The second-order valence-corrected chi connectivity index (χ2v) is 6.08. The molecule has 0 bridgehead atoms. The fraction of sp³-hybridized carbons (Fsp3) is 0.250. The van der Waals surface area contributed by atoms with E-state index in [9.17, 15) is 8.78 Å². The predicted molar refractivity (Wildman–Crippen MR) is 78.3 cm³/mol. The van der Waals surface area contributed by atoms with Gasteiger partial charge in [0.05, 0.1) is 4.47 Å². The van der Waals surface area contributed by atoms with Gasteiger partial charge in [0.15, 0.2) is 0 Å². The van der Waals surface area contributed by atoms with Gasteiger partial charge in [0.1, 0.15) is 11.6 Å². The van der Waals surface area contributed by atoms with Crippen LogP contribution in [-0.4, -0.2) is 0 Å². The van der Waals surface area contributed by atoms with E-state index in [1.807, 2.05) is 18.2 Å². The number of nitrogens with two attached hydrogens (primary N) is 1. The Morgan fingerprint density at radius 2 is 1.80 bits per heavy atom. The van der Waals surface area contributed by atoms with Gasteiger partial charge >= 0.3 is 0 Å². The van der Waals surface area contributed by atoms with Crippen molar-refractivity contribution in [1.29, 1.82) is 0 Å². The molecule has 3 rings (SSSR count). The highest BCUT2D eigenvalue weighted by molar-refractivity contribution is 9.10. The van der Waals surface area contributed by atoms with Gasteiger partial charge in [0.25, 0.3) is 0 Å². The minimum Gasteiger partial charge on any atom is -0.324 e. The van der Waals surface area contributed by atoms with Crippen molar-refractivity contribution in [2.45, 2.75) is 18.4 Å². The van der Waals surface area contributed by atoms with Gasteiger partial charge in [-0.3, -0.25) is 0 Å². The Labute approximate surface area is 124 Å². The summed E-state index contributed by atoms with van der Waals surface area (Å²) in [6, 6.07) is 11.9. The number of hydrogen-bond donors (Lipinski definition) is 1. The lowest BCUT2D eigenvalue weighted by Crippen LogP contribution is -2.15. The second-order valence-electron chi connectivity index (χ2n) is 5.23. The van der Waals surface area contributed by atoms with Crippen molar-refractivity contribution in [2.24, 2.45) is 11.7 Å². The van der Waals surface area contributed by atoms with Crippen molar-refractivity contribution in [3.05, 3.63) is 69.7 Å². The maximum atomic E-state index is 13.9. The zero-order valence-corrected chi connectivity index (χ0v) is 12.3. The van der Waals surface area contributed by atoms with E-state index in [1.54, 1.807) is 0 Å². The van der Waals surface area contributed by atoms with Gasteiger partial charge in [-0.25, -0.2) is 8.78 Å². The van der Waals surface area contributed by atoms with Crippen molar-refractivity contribution >= 4 is 15.9 Å². The molecule has 1 fully saturated rings. The van der Waals surface area contributed by atoms with Crippen LogP contribution in [0.4, 0.5) is 8.78 Å². The van der Waals surface area contributed by atoms with Crippen molar-refractivity contribution in [3.63, 3.8) is 0 Å². The van der Waals surface area contributed by atoms with E-state index in [2.05, 4.69) is 28.1 Å². The average molecular weight is 338 g/mol. The standard InChI is InChI=1S/C16H14BrF2N/c17-13-8-14(18)12(7-15(13)19)16(20)11-6-10(11)9-4-2-1-3-5-9/h1-5,7-8,10-11,16H,6,20H2. The Morgan fingerprint density at radius 1 is 1.10 bits per heavy atom. The summed E-state index contributed by atoms with van der Waals surface area (Å²) in [5.41, 5.74) is 7.60. The molecule has 20 heavy (non-hydrogen) atoms. The SMILES string of the molecule is NC(c1cc(F)c(Br)cc1F)C1CC1c1ccccc1. The molecule has 3 atom stereocenters. The van der Waals surface area contributed by atoms with Crippen LogP contribution in [0, 0.1) is 17.6 Å². The summed E-state index contributed by atoms with van der Waals surface area (Å²) in [6.07, 6.45) is 0.919. The Hall–Kier alpha value is -1.26. The molecule has 0 aromatic heterocycles. The van der Waals surface area contributed by atoms with Gasteiger partial charge in [-0.2, -0.15) is 0 Å². The lowest BCUT2D eigenvalue weighted by Gasteiger charge is -2.14. The van der Waals surface area contributed by atoms with E-state index >= 15 is 0 Å². The molecule has 3 unspecified atom stereocenters. The minimum atomic E-state index is -0.478. The first kappa shape index (κ1) is 13.7. The van der Waals surface area contributed by atoms with Crippen LogP contribution in [0.3, 0.4) is 0 Å². The molecule has 1 aliphatic rings. The van der Waals surface area contributed by atoms with Crippen LogP contribution in [0.15, 0.2) is 46.9 Å². The zero-order valence-electron chi connectivity index (χ0n) is 10.7. The van der Waals surface area contributed by atoms with Crippen LogP contribution >= 0.6 is 15.9 Å². The summed E-state index contributed by atoms with van der Waals surface area (Å²) in [6.45, 7) is 0. The third-order valence-electron chi connectivity index (χ3n) is 3.93. The molecule has 0 saturated heterocycles. The van der Waals surface area contributed by atoms with E-state index in [0.717, 1.165) is 12.5 Å². The van der Waals surface area contributed by atoms with E-state index < -0.39 is 17.7 Å². The first-order chi connectivity index (χ1) is 9.58. The fourth-order valence-corrected chi connectivity index (χ4v) is 3.03. The van der Waals surface area contributed by atoms with Crippen LogP contribution in [-0.2, 0) is 0 Å². The zero-order chi connectivity index (χ0) is 14.3. The summed E-state index contributed by atoms with van der Waals surface area (Å²) in [5, 5.41) is 0. The van der Waals surface area contributed by atoms with Gasteiger partial charge < -0.3 is 5.73 Å². The van der Waals surface area contributed by atoms with Crippen LogP contribution in [0.2, 0.25) is 0 Å². The van der Waals surface area contributed by atoms with E-state index in [1.165, 1.54) is 11.6 Å². The Bertz CT molecular complexity index is 630. The van der Waals surface area contributed by atoms with Gasteiger partial charge in [0.2, 0.25) is 0 Å². The molecule has 1 saturated carbocycles. The van der Waals surface area contributed by atoms with Crippen LogP contribution in [0.1, 0.15) is 29.5 Å². The quantitative estimate of drug-likeness (QED) is 0.818. The van der Waals surface area contributed by atoms with E-state index in [0.29, 0.717) is 5.92 Å². The third-order valence-corrected chi connectivity index (χ3v) is 4.54. The molecule has 104 valence electrons. The predicted octanol–water partition coefficient (Wildman–Crippen LogP) is 4.53. The summed E-state index contributed by atoms with van der Waals surface area (Å²) in [4.78, 5) is 0. The summed E-state index contributed by atoms with van der Waals surface area (Å²) >= 11 is 2.97. The molecule has 2 N–H and O–H groups in total. The fourth-order valence-electron chi connectivity index (χ4n) is 2.72. The minimum absolute atomic E-state index is 0.126. The van der Waals surface area contributed by atoms with Gasteiger partial charge in [-0.05, 0) is 51.9 Å². The van der Waals surface area contributed by atoms with Gasteiger partial charge in [0, 0.05) is 11.6 Å². The summed E-state index contributed by atoms with van der Waals surface area (Å²) < 4.78 is 27.6. The average Bonchev–Trinajstić information content (AvgIpc) is 3.23. The van der Waals surface area contributed by atoms with Gasteiger partial charge in [-0.15, -0.1) is 0 Å². The third kappa shape index (κ3) is 2.50. The van der Waals surface area contributed by atoms with Crippen molar-refractivity contribution < 1.29 is 8.78 Å². The molecule has 1 nitrogen and oxygen atoms in total. The van der Waals surface area contributed by atoms with Crippen molar-refractivity contribution in [3.8, 4) is 0 Å². The Kier molecular flexibility index (Phi) is 3.61. The highest BCUT2D eigenvalue weighted by atomic mass is 79.9. The maximum absolute atomic E-state index is 13.9. The number of hydrogen-bond acceptors (Lipinski definition) is 1. The topological polar surface area (TPSA) is 26.0 Å². The molecular weight excluding hydrogens is 324 g/mol. The first-order valence-corrected chi connectivity index (χ1v) is 7.32. The first-order valence-electron chi connectivity index (χ1n) is 6.53. The summed E-state index contributed by atoms with van der Waals surface area (Å²) in [7, 11) is 0. The highest BCUT2D eigenvalue weighted by Gasteiger charge is 2.43. The van der Waals surface area contributed by atoms with Gasteiger partial charge in [-0.1, -0.05) is 30.3 Å². The molecule has 0 spiro atoms. The largest absolute Gasteiger partial charge is 0.324 e. The highest BCUT2D eigenvalue weighted by Crippen LogP contribution is 2.53. The van der Waals surface area contributed by atoms with Crippen LogP contribution in [0.5, 0.6) is 0 Å². The van der Waals surface area contributed by atoms with Crippen molar-refractivity contribution in [2.75, 3.05) is 0 Å². The molecule has 1 aliphatic carbocycles. The maximum Gasteiger partial charge on any atom is 0.137 e. The van der Waals surface area contributed by atoms with Crippen LogP contribution < -0.4 is 5.73 Å². The van der Waals surface area contributed by atoms with E-state index in [4.69, 9.17) is 5.73 Å². The molecule has 2 aromatic rings. The molecule has 4 heteroatoms. The second kappa shape index (κ2) is 5.26. The Balaban J connectivity index is 1.82. The lowest BCUT2D eigenvalue weighted by molar-refractivity contribution is 0.531. The molecular formula is C16H14BrF2N. The molecule has 0 radical (unpaired) electrons. The molecule has 2 aromatic carbocycles. The van der Waals surface area contributed by atoms with E-state index in [-0.39, 0.29) is 16.0 Å². The summed E-state index contributed by atoms with van der Waals surface area (Å²) in [5.74, 6) is -0.414. The Morgan fingerprint density at radius 3 is 2.50 bits per heavy atom. The van der Waals surface area contributed by atoms with Crippen molar-refractivity contribution in [1.82, 2.24) is 0 Å². The normalized spacial score (nSPS) is 22.6. The lowest BCUT2D eigenvalue weighted by atomic mass is 9.99. The molecule has 0 heterocycles. The number of benzene rings is 2. The van der Waals surface area contributed by atoms with Crippen LogP contribution in [0.25, 0.3) is 0 Å². The smallest absolute Gasteiger partial charge is 0.137 e. The molecule has 0 aliphatic heterocycles.